The number of ether oxygens (including phenoxy) is 1. The molecule has 1 spiro atoms. The van der Waals surface area contributed by atoms with Crippen LogP contribution in [0, 0.1) is 5.41 Å². The lowest BCUT2D eigenvalue weighted by Crippen LogP contribution is -2.59. The van der Waals surface area contributed by atoms with Gasteiger partial charge in [-0.15, -0.1) is 0 Å². The molecule has 256 valence electrons. The first-order valence-corrected chi connectivity index (χ1v) is 16.5. The van der Waals surface area contributed by atoms with Crippen molar-refractivity contribution in [3.63, 3.8) is 0 Å². The molecular formula is C36H45N5O7. The Morgan fingerprint density at radius 3 is 2.29 bits per heavy atom. The van der Waals surface area contributed by atoms with Crippen LogP contribution >= 0.6 is 0 Å². The van der Waals surface area contributed by atoms with Gasteiger partial charge in [-0.2, -0.15) is 0 Å². The first-order chi connectivity index (χ1) is 22.9. The van der Waals surface area contributed by atoms with E-state index < -0.39 is 58.7 Å². The van der Waals surface area contributed by atoms with Crippen LogP contribution in [0.4, 0.5) is 4.79 Å². The number of ketones is 1. The normalized spacial score (nSPS) is 21.5. The van der Waals surface area contributed by atoms with Crippen molar-refractivity contribution in [2.24, 2.45) is 5.41 Å². The van der Waals surface area contributed by atoms with Gasteiger partial charge in [0, 0.05) is 12.5 Å². The molecule has 0 bridgehead atoms. The highest BCUT2D eigenvalue weighted by Gasteiger charge is 2.54. The molecular weight excluding hydrogens is 614 g/mol. The largest absolute Gasteiger partial charge is 0.445 e. The maximum Gasteiger partial charge on any atom is 0.408 e. The fourth-order valence-corrected chi connectivity index (χ4v) is 5.95. The molecule has 0 radical (unpaired) electrons. The number of hydrogen-bond donors (Lipinski definition) is 4. The second-order valence-electron chi connectivity index (χ2n) is 13.8. The standard InChI is InChI=1S/C36H45N5O7/c1-5-12-26(29(42)32(44)37-25-17-18-25)38-31(43)28-20-36(19-27(40-48-36)24-15-10-7-11-16-24)22-41(28)33(45)30(35(2,3)4)39-34(46)47-21-23-13-8-6-9-14-23/h6-11,13-16,19,25-26,28,30,40H,5,12,17-18,20-22H2,1-4H3,(H,37,44)(H,38,43)(H,39,46)/t26-,28-,30+,36+/m0/s1. The average Bonchev–Trinajstić information content (AvgIpc) is 3.66. The Morgan fingerprint density at radius 1 is 1.00 bits per heavy atom. The van der Waals surface area contributed by atoms with Crippen LogP contribution in [0.25, 0.3) is 5.70 Å². The molecule has 5 rings (SSSR count). The van der Waals surface area contributed by atoms with Gasteiger partial charge in [-0.25, -0.2) is 4.79 Å². The van der Waals surface area contributed by atoms with Crippen LogP contribution in [0.3, 0.4) is 0 Å². The molecule has 3 aliphatic rings. The van der Waals surface area contributed by atoms with Gasteiger partial charge in [-0.3, -0.25) is 29.5 Å². The Bertz CT molecular complexity index is 1540. The number of amides is 4. The minimum Gasteiger partial charge on any atom is -0.445 e. The number of benzene rings is 2. The van der Waals surface area contributed by atoms with Gasteiger partial charge < -0.3 is 25.6 Å². The number of likely N-dealkylation sites (tertiary alicyclic amines) is 1. The van der Waals surface area contributed by atoms with Crippen molar-refractivity contribution < 1.29 is 33.5 Å². The Balaban J connectivity index is 1.39. The van der Waals surface area contributed by atoms with Gasteiger partial charge in [0.05, 0.1) is 18.3 Å². The highest BCUT2D eigenvalue weighted by Crippen LogP contribution is 2.38. The van der Waals surface area contributed by atoms with E-state index >= 15 is 0 Å². The predicted octanol–water partition coefficient (Wildman–Crippen LogP) is 3.38. The molecule has 2 heterocycles. The van der Waals surface area contributed by atoms with E-state index in [-0.39, 0.29) is 32.0 Å². The first-order valence-electron chi connectivity index (χ1n) is 16.5. The van der Waals surface area contributed by atoms with Crippen molar-refractivity contribution in [3.05, 3.63) is 77.9 Å². The summed E-state index contributed by atoms with van der Waals surface area (Å²) in [5.74, 6) is -2.54. The van der Waals surface area contributed by atoms with Gasteiger partial charge in [-0.1, -0.05) is 94.8 Å². The predicted molar refractivity (Wildman–Crippen MR) is 178 cm³/mol. The number of carbonyl (C=O) groups is 5. The smallest absolute Gasteiger partial charge is 0.408 e. The van der Waals surface area contributed by atoms with Gasteiger partial charge in [0.15, 0.2) is 0 Å². The Morgan fingerprint density at radius 2 is 1.67 bits per heavy atom. The molecule has 12 nitrogen and oxygen atoms in total. The molecule has 4 N–H and O–H groups in total. The van der Waals surface area contributed by atoms with Crippen LogP contribution in [0.1, 0.15) is 70.9 Å². The summed E-state index contributed by atoms with van der Waals surface area (Å²) in [4.78, 5) is 74.7. The summed E-state index contributed by atoms with van der Waals surface area (Å²) < 4.78 is 5.44. The lowest BCUT2D eigenvalue weighted by molar-refractivity contribution is -0.144. The Hall–Kier alpha value is -4.71. The molecule has 4 atom stereocenters. The number of nitrogens with one attached hydrogen (secondary N) is 4. The fourth-order valence-electron chi connectivity index (χ4n) is 5.95. The third-order valence-corrected chi connectivity index (χ3v) is 8.73. The van der Waals surface area contributed by atoms with Crippen molar-refractivity contribution in [3.8, 4) is 0 Å². The molecule has 2 aromatic rings. The van der Waals surface area contributed by atoms with E-state index in [1.54, 1.807) is 0 Å². The lowest BCUT2D eigenvalue weighted by atomic mass is 9.85. The second kappa shape index (κ2) is 14.6. The summed E-state index contributed by atoms with van der Waals surface area (Å²) in [6.45, 7) is 7.30. The summed E-state index contributed by atoms with van der Waals surface area (Å²) in [7, 11) is 0. The number of nitrogens with zero attached hydrogens (tertiary/aromatic N) is 1. The number of Topliss-reactive ketones (excluding diaryl/α,β-unsaturated/α-hetero) is 1. The molecule has 0 unspecified atom stereocenters. The minimum atomic E-state index is -1.08. The van der Waals surface area contributed by atoms with Gasteiger partial charge in [0.2, 0.25) is 17.6 Å². The quantitative estimate of drug-likeness (QED) is 0.253. The average molecular weight is 660 g/mol. The van der Waals surface area contributed by atoms with Crippen LogP contribution < -0.4 is 21.4 Å². The first kappa shape index (κ1) is 34.6. The molecule has 2 aromatic carbocycles. The van der Waals surface area contributed by atoms with Crippen molar-refractivity contribution in [1.29, 1.82) is 0 Å². The van der Waals surface area contributed by atoms with E-state index in [4.69, 9.17) is 9.57 Å². The summed E-state index contributed by atoms with van der Waals surface area (Å²) in [6, 6.07) is 15.5. The third kappa shape index (κ3) is 8.41. The molecule has 2 aliphatic heterocycles. The van der Waals surface area contributed by atoms with Gasteiger partial charge >= 0.3 is 6.09 Å². The summed E-state index contributed by atoms with van der Waals surface area (Å²) >= 11 is 0. The zero-order chi connectivity index (χ0) is 34.5. The number of hydrogen-bond acceptors (Lipinski definition) is 8. The van der Waals surface area contributed by atoms with Crippen molar-refractivity contribution in [2.45, 2.75) is 96.2 Å². The van der Waals surface area contributed by atoms with Crippen LogP contribution in [-0.2, 0) is 35.4 Å². The van der Waals surface area contributed by atoms with Gasteiger partial charge in [0.25, 0.3) is 5.91 Å². The topological polar surface area (TPSA) is 155 Å². The van der Waals surface area contributed by atoms with Gasteiger partial charge in [0.1, 0.15) is 24.3 Å². The number of hydroxylamine groups is 1. The molecule has 48 heavy (non-hydrogen) atoms. The monoisotopic (exact) mass is 659 g/mol. The van der Waals surface area contributed by atoms with E-state index in [1.807, 2.05) is 94.4 Å². The van der Waals surface area contributed by atoms with E-state index in [2.05, 4.69) is 21.4 Å². The fraction of sp³-hybridized carbons (Fsp3) is 0.472. The maximum atomic E-state index is 14.4. The van der Waals surface area contributed by atoms with E-state index in [0.29, 0.717) is 12.1 Å². The summed E-state index contributed by atoms with van der Waals surface area (Å²) in [6.07, 6.45) is 3.60. The SMILES string of the molecule is CCC[C@H](NC(=O)[C@@H]1C[C@]2(C=C(c3ccccc3)NO2)CN1C(=O)[C@@H](NC(=O)OCc1ccccc1)C(C)(C)C)C(=O)C(=O)NC1CC1. The lowest BCUT2D eigenvalue weighted by Gasteiger charge is -2.35. The number of rotatable bonds is 12. The second-order valence-corrected chi connectivity index (χ2v) is 13.8. The molecule has 1 saturated carbocycles. The third-order valence-electron chi connectivity index (χ3n) is 8.73. The van der Waals surface area contributed by atoms with Crippen LogP contribution in [0.15, 0.2) is 66.7 Å². The van der Waals surface area contributed by atoms with E-state index in [0.717, 1.165) is 24.0 Å². The summed E-state index contributed by atoms with van der Waals surface area (Å²) in [5.41, 5.74) is 3.45. The van der Waals surface area contributed by atoms with E-state index in [1.165, 1.54) is 4.90 Å². The van der Waals surface area contributed by atoms with Crippen LogP contribution in [0.2, 0.25) is 0 Å². The minimum absolute atomic E-state index is 0.00483. The van der Waals surface area contributed by atoms with Crippen molar-refractivity contribution in [2.75, 3.05) is 6.54 Å². The van der Waals surface area contributed by atoms with Crippen molar-refractivity contribution in [1.82, 2.24) is 26.3 Å². The molecule has 4 amide bonds. The molecule has 0 aromatic heterocycles. The van der Waals surface area contributed by atoms with Gasteiger partial charge in [-0.05, 0) is 41.9 Å². The molecule has 1 saturated heterocycles. The Labute approximate surface area is 280 Å². The van der Waals surface area contributed by atoms with E-state index in [9.17, 15) is 24.0 Å². The molecule has 2 fully saturated rings. The highest BCUT2D eigenvalue weighted by molar-refractivity contribution is 6.38. The van der Waals surface area contributed by atoms with Crippen LogP contribution in [0.5, 0.6) is 0 Å². The Kier molecular flexibility index (Phi) is 10.5. The van der Waals surface area contributed by atoms with Crippen LogP contribution in [-0.4, -0.2) is 70.8 Å². The number of carbonyl (C=O) groups excluding carboxylic acids is 5. The van der Waals surface area contributed by atoms with Crippen molar-refractivity contribution >= 4 is 35.3 Å². The molecule has 1 aliphatic carbocycles. The zero-order valence-electron chi connectivity index (χ0n) is 27.9. The summed E-state index contributed by atoms with van der Waals surface area (Å²) in [5, 5.41) is 8.21. The number of alkyl carbamates (subject to hydrolysis) is 1. The highest BCUT2D eigenvalue weighted by atomic mass is 16.7. The zero-order valence-corrected chi connectivity index (χ0v) is 27.9. The molecule has 12 heteroatoms. The maximum absolute atomic E-state index is 14.4.